The molecule has 0 atom stereocenters. The van der Waals surface area contributed by atoms with Crippen LogP contribution in [0.1, 0.15) is 46.9 Å². The fourth-order valence-electron chi connectivity index (χ4n) is 3.31. The van der Waals surface area contributed by atoms with Crippen LogP contribution in [0.2, 0.25) is 0 Å². The van der Waals surface area contributed by atoms with Crippen LogP contribution in [0.15, 0.2) is 41.2 Å². The van der Waals surface area contributed by atoms with Gasteiger partial charge < -0.3 is 14.8 Å². The summed E-state index contributed by atoms with van der Waals surface area (Å²) in [4.78, 5) is 20.0. The normalized spacial score (nSPS) is 11.6. The van der Waals surface area contributed by atoms with E-state index in [4.69, 9.17) is 4.52 Å². The summed E-state index contributed by atoms with van der Waals surface area (Å²) >= 11 is 0. The number of H-pyrrole nitrogens is 1. The third-order valence-electron chi connectivity index (χ3n) is 4.77. The molecule has 138 valence electrons. The Morgan fingerprint density at radius 3 is 2.93 bits per heavy atom. The highest BCUT2D eigenvalue weighted by molar-refractivity contribution is 5.97. The number of hydrogen-bond acceptors (Lipinski definition) is 4. The highest BCUT2D eigenvalue weighted by Gasteiger charge is 2.15. The second-order valence-corrected chi connectivity index (χ2v) is 7.17. The van der Waals surface area contributed by atoms with Crippen molar-refractivity contribution in [1.82, 2.24) is 20.4 Å². The van der Waals surface area contributed by atoms with Gasteiger partial charge in [-0.3, -0.25) is 4.79 Å². The van der Waals surface area contributed by atoms with E-state index in [1.165, 1.54) is 22.7 Å². The highest BCUT2D eigenvalue weighted by atomic mass is 16.5. The molecule has 2 N–H and O–H groups in total. The molecule has 0 aliphatic carbocycles. The minimum absolute atomic E-state index is 0.143. The van der Waals surface area contributed by atoms with Crippen molar-refractivity contribution in [2.24, 2.45) is 0 Å². The third-order valence-corrected chi connectivity index (χ3v) is 4.77. The molecule has 3 aromatic heterocycles. The first-order chi connectivity index (χ1) is 13.0. The summed E-state index contributed by atoms with van der Waals surface area (Å²) in [6.45, 7) is 6.70. The van der Waals surface area contributed by atoms with E-state index < -0.39 is 0 Å². The van der Waals surface area contributed by atoms with E-state index in [0.29, 0.717) is 17.8 Å². The van der Waals surface area contributed by atoms with Gasteiger partial charge in [-0.1, -0.05) is 31.1 Å². The van der Waals surface area contributed by atoms with Crippen LogP contribution in [-0.2, 0) is 6.42 Å². The number of nitrogens with zero attached hydrogens (tertiary/aromatic N) is 2. The Balaban J connectivity index is 1.46. The van der Waals surface area contributed by atoms with Gasteiger partial charge in [0.1, 0.15) is 0 Å². The van der Waals surface area contributed by atoms with E-state index in [9.17, 15) is 4.79 Å². The predicted molar refractivity (Wildman–Crippen MR) is 105 cm³/mol. The number of hydrogen-bond donors (Lipinski definition) is 2. The van der Waals surface area contributed by atoms with Gasteiger partial charge in [0.15, 0.2) is 0 Å². The lowest BCUT2D eigenvalue weighted by Crippen LogP contribution is -2.25. The van der Waals surface area contributed by atoms with Crippen LogP contribution in [0.4, 0.5) is 0 Å². The Morgan fingerprint density at radius 1 is 1.26 bits per heavy atom. The summed E-state index contributed by atoms with van der Waals surface area (Å²) in [5.74, 6) is 0.0628. The van der Waals surface area contributed by atoms with E-state index in [1.807, 2.05) is 20.0 Å². The number of aryl methyl sites for hydroxylation is 1. The quantitative estimate of drug-likeness (QED) is 0.560. The summed E-state index contributed by atoms with van der Waals surface area (Å²) in [5.41, 5.74) is 5.34. The first-order valence-corrected chi connectivity index (χ1v) is 9.13. The third kappa shape index (κ3) is 3.30. The van der Waals surface area contributed by atoms with Crippen molar-refractivity contribution in [1.29, 1.82) is 0 Å². The Kier molecular flexibility index (Phi) is 4.39. The summed E-state index contributed by atoms with van der Waals surface area (Å²) in [7, 11) is 0. The summed E-state index contributed by atoms with van der Waals surface area (Å²) in [6.07, 6.45) is 4.30. The van der Waals surface area contributed by atoms with Gasteiger partial charge in [0.25, 0.3) is 11.6 Å². The van der Waals surface area contributed by atoms with Crippen LogP contribution in [0.25, 0.3) is 22.0 Å². The average molecular weight is 362 g/mol. The largest absolute Gasteiger partial charge is 0.361 e. The van der Waals surface area contributed by atoms with Crippen molar-refractivity contribution in [3.63, 3.8) is 0 Å². The fourth-order valence-corrected chi connectivity index (χ4v) is 3.31. The predicted octanol–water partition coefficient (Wildman–Crippen LogP) is 4.11. The van der Waals surface area contributed by atoms with E-state index >= 15 is 0 Å². The lowest BCUT2D eigenvalue weighted by molar-refractivity contribution is 0.0954. The fraction of sp³-hybridized carbons (Fsp3) is 0.286. The van der Waals surface area contributed by atoms with Crippen molar-refractivity contribution in [2.45, 2.75) is 33.1 Å². The van der Waals surface area contributed by atoms with Gasteiger partial charge in [0, 0.05) is 29.8 Å². The number of pyridine rings is 1. The summed E-state index contributed by atoms with van der Waals surface area (Å²) in [5, 5.41) is 9.02. The lowest BCUT2D eigenvalue weighted by atomic mass is 10.1. The molecule has 0 saturated heterocycles. The van der Waals surface area contributed by atoms with Crippen LogP contribution in [0.5, 0.6) is 0 Å². The maximum atomic E-state index is 12.5. The molecule has 6 heteroatoms. The van der Waals surface area contributed by atoms with Crippen LogP contribution in [0, 0.1) is 6.92 Å². The zero-order valence-corrected chi connectivity index (χ0v) is 15.7. The molecule has 0 fully saturated rings. The topological polar surface area (TPSA) is 83.8 Å². The molecule has 6 nitrogen and oxygen atoms in total. The molecule has 0 aliphatic heterocycles. The maximum absolute atomic E-state index is 12.5. The van der Waals surface area contributed by atoms with E-state index in [-0.39, 0.29) is 11.8 Å². The number of nitrogens with one attached hydrogen (secondary N) is 2. The van der Waals surface area contributed by atoms with Gasteiger partial charge in [0.2, 0.25) is 0 Å². The number of aromatic amines is 1. The number of amides is 1. The van der Waals surface area contributed by atoms with Gasteiger partial charge >= 0.3 is 0 Å². The number of carbonyl (C=O) groups excluding carboxylic acids is 1. The molecule has 0 bridgehead atoms. The zero-order valence-electron chi connectivity index (χ0n) is 15.7. The standard InChI is InChI=1S/C21H22N4O2/c1-12(2)19-17-9-15(11-24-21(17)27-25-19)20(26)22-7-6-14-10-23-18-8-13(3)4-5-16(14)18/h4-5,8-12,23H,6-7H2,1-3H3,(H,22,26). The molecule has 0 unspecified atom stereocenters. The van der Waals surface area contributed by atoms with Crippen LogP contribution in [0.3, 0.4) is 0 Å². The van der Waals surface area contributed by atoms with Crippen LogP contribution in [-0.4, -0.2) is 27.6 Å². The number of fused-ring (bicyclic) bond motifs is 2. The van der Waals surface area contributed by atoms with Crippen molar-refractivity contribution < 1.29 is 9.32 Å². The molecule has 0 aliphatic rings. The smallest absolute Gasteiger partial charge is 0.257 e. The lowest BCUT2D eigenvalue weighted by Gasteiger charge is -2.05. The number of carbonyl (C=O) groups is 1. The van der Waals surface area contributed by atoms with Crippen LogP contribution >= 0.6 is 0 Å². The monoisotopic (exact) mass is 362 g/mol. The second kappa shape index (κ2) is 6.87. The Morgan fingerprint density at radius 2 is 2.11 bits per heavy atom. The molecule has 27 heavy (non-hydrogen) atoms. The van der Waals surface area contributed by atoms with E-state index in [0.717, 1.165) is 23.0 Å². The molecular formula is C21H22N4O2. The highest BCUT2D eigenvalue weighted by Crippen LogP contribution is 2.24. The van der Waals surface area contributed by atoms with Crippen LogP contribution < -0.4 is 5.32 Å². The van der Waals surface area contributed by atoms with Crippen molar-refractivity contribution in [2.75, 3.05) is 6.54 Å². The molecule has 0 spiro atoms. The number of rotatable bonds is 5. The molecule has 1 aromatic carbocycles. The minimum atomic E-state index is -0.143. The van der Waals surface area contributed by atoms with Gasteiger partial charge in [0.05, 0.1) is 16.6 Å². The Bertz CT molecular complexity index is 1120. The average Bonchev–Trinajstić information content (AvgIpc) is 3.24. The second-order valence-electron chi connectivity index (χ2n) is 7.17. The first-order valence-electron chi connectivity index (χ1n) is 9.13. The Hall–Kier alpha value is -3.15. The van der Waals surface area contributed by atoms with Crippen molar-refractivity contribution in [3.05, 3.63) is 59.0 Å². The SMILES string of the molecule is Cc1ccc2c(CCNC(=O)c3cnc4onc(C(C)C)c4c3)c[nH]c2c1. The van der Waals surface area contributed by atoms with E-state index in [1.54, 1.807) is 6.07 Å². The van der Waals surface area contributed by atoms with Gasteiger partial charge in [-0.05, 0) is 42.5 Å². The molecule has 0 saturated carbocycles. The Labute approximate surface area is 157 Å². The molecule has 0 radical (unpaired) electrons. The summed E-state index contributed by atoms with van der Waals surface area (Å²) in [6, 6.07) is 8.15. The molecule has 4 rings (SSSR count). The molecular weight excluding hydrogens is 340 g/mol. The zero-order chi connectivity index (χ0) is 19.0. The van der Waals surface area contributed by atoms with Crippen molar-refractivity contribution >= 4 is 27.9 Å². The molecule has 1 amide bonds. The first kappa shape index (κ1) is 17.3. The van der Waals surface area contributed by atoms with Crippen molar-refractivity contribution in [3.8, 4) is 0 Å². The molecule has 3 heterocycles. The van der Waals surface area contributed by atoms with E-state index in [2.05, 4.69) is 45.6 Å². The number of aromatic nitrogens is 3. The molecule has 4 aromatic rings. The van der Waals surface area contributed by atoms with Gasteiger partial charge in [-0.15, -0.1) is 0 Å². The maximum Gasteiger partial charge on any atom is 0.257 e. The minimum Gasteiger partial charge on any atom is -0.361 e. The van der Waals surface area contributed by atoms with Gasteiger partial charge in [-0.2, -0.15) is 0 Å². The number of benzene rings is 1. The summed E-state index contributed by atoms with van der Waals surface area (Å²) < 4.78 is 5.23. The van der Waals surface area contributed by atoms with Gasteiger partial charge in [-0.25, -0.2) is 4.98 Å².